The summed E-state index contributed by atoms with van der Waals surface area (Å²) in [5.41, 5.74) is 2.06. The second-order valence-electron chi connectivity index (χ2n) is 7.40. The van der Waals surface area contributed by atoms with Gasteiger partial charge in [0, 0.05) is 11.5 Å². The predicted octanol–water partition coefficient (Wildman–Crippen LogP) is 6.86. The van der Waals surface area contributed by atoms with Crippen LogP contribution in [0, 0.1) is 5.92 Å². The van der Waals surface area contributed by atoms with E-state index < -0.39 is 0 Å². The Balaban J connectivity index is 2.24. The van der Waals surface area contributed by atoms with Crippen molar-refractivity contribution in [3.05, 3.63) is 60.2 Å². The quantitative estimate of drug-likeness (QED) is 0.323. The Morgan fingerprint density at radius 1 is 0.857 bits per heavy atom. The standard InChI is InChI=1S/C25H33NO2/c1-3-5-6-7-9-15-21(12-4-2)25(28)24(20-13-10-8-11-14-20)26-22-16-18-23(27)19-17-22/h8,10-11,13-14,16-19,21,27H,3-7,9,12,15H2,1-2H3. The normalized spacial score (nSPS) is 12.7. The zero-order valence-electron chi connectivity index (χ0n) is 17.2. The SMILES string of the molecule is CCCCCCCC(CCC)C(=O)C(=Nc1ccc(O)cc1)c1ccccc1. The van der Waals surface area contributed by atoms with E-state index in [9.17, 15) is 9.90 Å². The van der Waals surface area contributed by atoms with Crippen LogP contribution < -0.4 is 0 Å². The number of carbonyl (C=O) groups excluding carboxylic acids is 1. The summed E-state index contributed by atoms with van der Waals surface area (Å²) in [7, 11) is 0. The second kappa shape index (κ2) is 12.1. The van der Waals surface area contributed by atoms with Gasteiger partial charge in [0.05, 0.1) is 5.69 Å². The van der Waals surface area contributed by atoms with Crippen LogP contribution in [0.25, 0.3) is 0 Å². The van der Waals surface area contributed by atoms with Crippen LogP contribution >= 0.6 is 0 Å². The number of ketones is 1. The summed E-state index contributed by atoms with van der Waals surface area (Å²) in [4.78, 5) is 18.1. The summed E-state index contributed by atoms with van der Waals surface area (Å²) in [6.45, 7) is 4.35. The number of unbranched alkanes of at least 4 members (excludes halogenated alkanes) is 4. The number of aliphatic imine (C=N–C) groups is 1. The smallest absolute Gasteiger partial charge is 0.184 e. The van der Waals surface area contributed by atoms with E-state index in [4.69, 9.17) is 0 Å². The van der Waals surface area contributed by atoms with Gasteiger partial charge < -0.3 is 5.11 Å². The molecule has 1 N–H and O–H groups in total. The van der Waals surface area contributed by atoms with Crippen LogP contribution in [0.4, 0.5) is 5.69 Å². The summed E-state index contributed by atoms with van der Waals surface area (Å²) in [5, 5.41) is 9.52. The first kappa shape index (κ1) is 21.9. The van der Waals surface area contributed by atoms with Crippen LogP contribution in [0.2, 0.25) is 0 Å². The van der Waals surface area contributed by atoms with Crippen molar-refractivity contribution >= 4 is 17.2 Å². The van der Waals surface area contributed by atoms with Gasteiger partial charge in [0.25, 0.3) is 0 Å². The number of phenols is 1. The van der Waals surface area contributed by atoms with Crippen LogP contribution in [0.15, 0.2) is 59.6 Å². The van der Waals surface area contributed by atoms with E-state index in [0.717, 1.165) is 31.2 Å². The third-order valence-corrected chi connectivity index (χ3v) is 5.04. The highest BCUT2D eigenvalue weighted by Crippen LogP contribution is 2.23. The number of nitrogens with zero attached hydrogens (tertiary/aromatic N) is 1. The predicted molar refractivity (Wildman–Crippen MR) is 118 cm³/mol. The number of hydrogen-bond acceptors (Lipinski definition) is 3. The molecule has 0 saturated carbocycles. The number of benzene rings is 2. The molecular weight excluding hydrogens is 346 g/mol. The van der Waals surface area contributed by atoms with Gasteiger partial charge in [-0.2, -0.15) is 0 Å². The molecule has 0 aliphatic rings. The lowest BCUT2D eigenvalue weighted by atomic mass is 9.88. The van der Waals surface area contributed by atoms with Crippen LogP contribution in [0.1, 0.15) is 70.8 Å². The number of hydrogen-bond donors (Lipinski definition) is 1. The molecule has 0 fully saturated rings. The Bertz CT molecular complexity index is 735. The summed E-state index contributed by atoms with van der Waals surface area (Å²) >= 11 is 0. The van der Waals surface area contributed by atoms with E-state index in [0.29, 0.717) is 11.4 Å². The van der Waals surface area contributed by atoms with Gasteiger partial charge in [-0.05, 0) is 37.1 Å². The average molecular weight is 380 g/mol. The molecule has 28 heavy (non-hydrogen) atoms. The van der Waals surface area contributed by atoms with Crippen LogP contribution in [-0.2, 0) is 4.79 Å². The average Bonchev–Trinajstić information content (AvgIpc) is 2.72. The summed E-state index contributed by atoms with van der Waals surface area (Å²) in [6, 6.07) is 16.4. The van der Waals surface area contributed by atoms with Crippen molar-refractivity contribution < 1.29 is 9.90 Å². The molecule has 1 atom stereocenters. The lowest BCUT2D eigenvalue weighted by molar-refractivity contribution is -0.116. The number of aromatic hydroxyl groups is 1. The fraction of sp³-hybridized carbons (Fsp3) is 0.440. The number of phenolic OH excluding ortho intramolecular Hbond substituents is 1. The van der Waals surface area contributed by atoms with Crippen molar-refractivity contribution in [2.24, 2.45) is 10.9 Å². The van der Waals surface area contributed by atoms with E-state index in [1.165, 1.54) is 25.7 Å². The first-order valence-electron chi connectivity index (χ1n) is 10.6. The zero-order chi connectivity index (χ0) is 20.2. The zero-order valence-corrected chi connectivity index (χ0v) is 17.2. The molecule has 0 saturated heterocycles. The third-order valence-electron chi connectivity index (χ3n) is 5.04. The highest BCUT2D eigenvalue weighted by Gasteiger charge is 2.23. The molecule has 0 aliphatic heterocycles. The molecule has 0 spiro atoms. The first-order chi connectivity index (χ1) is 13.7. The van der Waals surface area contributed by atoms with Crippen molar-refractivity contribution in [2.45, 2.75) is 65.2 Å². The van der Waals surface area contributed by atoms with Gasteiger partial charge in [0.15, 0.2) is 5.78 Å². The fourth-order valence-corrected chi connectivity index (χ4v) is 3.46. The molecule has 3 nitrogen and oxygen atoms in total. The van der Waals surface area contributed by atoms with Gasteiger partial charge in [0.2, 0.25) is 0 Å². The van der Waals surface area contributed by atoms with Crippen molar-refractivity contribution in [1.29, 1.82) is 0 Å². The molecule has 3 heteroatoms. The Morgan fingerprint density at radius 3 is 2.18 bits per heavy atom. The van der Waals surface area contributed by atoms with Crippen molar-refractivity contribution in [3.8, 4) is 5.75 Å². The molecular formula is C25H33NO2. The Labute approximate surface area is 169 Å². The largest absolute Gasteiger partial charge is 0.508 e. The molecule has 0 aromatic heterocycles. The lowest BCUT2D eigenvalue weighted by Gasteiger charge is -2.17. The number of rotatable bonds is 12. The van der Waals surface area contributed by atoms with E-state index in [2.05, 4.69) is 18.8 Å². The van der Waals surface area contributed by atoms with E-state index >= 15 is 0 Å². The van der Waals surface area contributed by atoms with Crippen LogP contribution in [-0.4, -0.2) is 16.6 Å². The minimum atomic E-state index is 0.0164. The third kappa shape index (κ3) is 6.95. The molecule has 0 radical (unpaired) electrons. The molecule has 0 bridgehead atoms. The van der Waals surface area contributed by atoms with Gasteiger partial charge in [-0.3, -0.25) is 4.79 Å². The maximum atomic E-state index is 13.4. The van der Waals surface area contributed by atoms with Gasteiger partial charge in [-0.25, -0.2) is 4.99 Å². The Kier molecular flexibility index (Phi) is 9.47. The minimum Gasteiger partial charge on any atom is -0.508 e. The topological polar surface area (TPSA) is 49.7 Å². The Hall–Kier alpha value is -2.42. The van der Waals surface area contributed by atoms with Gasteiger partial charge in [-0.15, -0.1) is 0 Å². The van der Waals surface area contributed by atoms with Crippen molar-refractivity contribution in [3.63, 3.8) is 0 Å². The van der Waals surface area contributed by atoms with Crippen LogP contribution in [0.3, 0.4) is 0 Å². The highest BCUT2D eigenvalue weighted by molar-refractivity contribution is 6.47. The van der Waals surface area contributed by atoms with E-state index in [-0.39, 0.29) is 17.5 Å². The number of Topliss-reactive ketones (excluding diaryl/α,β-unsaturated/α-hetero) is 1. The summed E-state index contributed by atoms with van der Waals surface area (Å²) in [6.07, 6.45) is 8.85. The van der Waals surface area contributed by atoms with Gasteiger partial charge in [-0.1, -0.05) is 82.7 Å². The molecule has 2 rings (SSSR count). The van der Waals surface area contributed by atoms with Crippen molar-refractivity contribution in [2.75, 3.05) is 0 Å². The maximum absolute atomic E-state index is 13.4. The maximum Gasteiger partial charge on any atom is 0.184 e. The minimum absolute atomic E-state index is 0.0164. The van der Waals surface area contributed by atoms with Crippen LogP contribution in [0.5, 0.6) is 5.75 Å². The fourth-order valence-electron chi connectivity index (χ4n) is 3.46. The molecule has 1 unspecified atom stereocenters. The molecule has 2 aromatic carbocycles. The van der Waals surface area contributed by atoms with E-state index in [1.807, 2.05) is 30.3 Å². The summed E-state index contributed by atoms with van der Waals surface area (Å²) in [5.74, 6) is 0.349. The van der Waals surface area contributed by atoms with Gasteiger partial charge >= 0.3 is 0 Å². The molecule has 0 amide bonds. The lowest BCUT2D eigenvalue weighted by Crippen LogP contribution is -2.25. The highest BCUT2D eigenvalue weighted by atomic mass is 16.3. The molecule has 2 aromatic rings. The number of carbonyl (C=O) groups is 1. The molecule has 0 heterocycles. The first-order valence-corrected chi connectivity index (χ1v) is 10.6. The summed E-state index contributed by atoms with van der Waals surface area (Å²) < 4.78 is 0. The second-order valence-corrected chi connectivity index (χ2v) is 7.40. The van der Waals surface area contributed by atoms with Crippen molar-refractivity contribution in [1.82, 2.24) is 0 Å². The molecule has 0 aliphatic carbocycles. The molecule has 150 valence electrons. The Morgan fingerprint density at radius 2 is 1.54 bits per heavy atom. The monoisotopic (exact) mass is 379 g/mol. The van der Waals surface area contributed by atoms with E-state index in [1.54, 1.807) is 24.3 Å². The van der Waals surface area contributed by atoms with Gasteiger partial charge in [0.1, 0.15) is 11.5 Å².